The number of amidine groups is 1. The monoisotopic (exact) mass is 458 g/mol. The number of hydrogen-bond donors (Lipinski definition) is 0. The van der Waals surface area contributed by atoms with Crippen molar-refractivity contribution in [3.8, 4) is 5.75 Å². The van der Waals surface area contributed by atoms with Gasteiger partial charge in [0.25, 0.3) is 5.91 Å². The van der Waals surface area contributed by atoms with Gasteiger partial charge < -0.3 is 4.74 Å². The van der Waals surface area contributed by atoms with E-state index in [1.807, 2.05) is 79.7 Å². The van der Waals surface area contributed by atoms with Gasteiger partial charge in [0.05, 0.1) is 22.7 Å². The number of aliphatic imine (C=N–C) groups is 1. The van der Waals surface area contributed by atoms with Crippen molar-refractivity contribution in [2.24, 2.45) is 4.99 Å². The third-order valence-corrected chi connectivity index (χ3v) is 6.98. The number of amides is 1. The van der Waals surface area contributed by atoms with E-state index >= 15 is 0 Å². The predicted molar refractivity (Wildman–Crippen MR) is 133 cm³/mol. The highest BCUT2D eigenvalue weighted by Crippen LogP contribution is 2.39. The highest BCUT2D eigenvalue weighted by molar-refractivity contribution is 7.21. The first-order chi connectivity index (χ1) is 15.5. The molecule has 4 aromatic rings. The van der Waals surface area contributed by atoms with Crippen LogP contribution in [0.2, 0.25) is 5.02 Å². The molecule has 158 valence electrons. The summed E-state index contributed by atoms with van der Waals surface area (Å²) in [4.78, 5) is 20.7. The van der Waals surface area contributed by atoms with Crippen molar-refractivity contribution < 1.29 is 9.53 Å². The Labute approximate surface area is 195 Å². The molecule has 0 aliphatic carbocycles. The summed E-state index contributed by atoms with van der Waals surface area (Å²) < 4.78 is 6.28. The smallest absolute Gasteiger partial charge is 0.282 e. The van der Waals surface area contributed by atoms with Gasteiger partial charge in [-0.2, -0.15) is 0 Å². The van der Waals surface area contributed by atoms with Gasteiger partial charge in [-0.15, -0.1) is 11.3 Å². The third kappa shape index (κ3) is 3.60. The molecule has 0 unspecified atom stereocenters. The summed E-state index contributed by atoms with van der Waals surface area (Å²) >= 11 is 8.30. The minimum Gasteiger partial charge on any atom is -0.497 e. The van der Waals surface area contributed by atoms with Crippen LogP contribution in [-0.2, 0) is 4.79 Å². The van der Waals surface area contributed by atoms with Crippen molar-refractivity contribution in [3.63, 3.8) is 0 Å². The van der Waals surface area contributed by atoms with Gasteiger partial charge in [0.1, 0.15) is 11.4 Å². The van der Waals surface area contributed by atoms with E-state index in [0.29, 0.717) is 16.6 Å². The SMILES string of the molecule is COc1ccc(/C=C2/N=C(c3sc4ccccc4c3Cl)N(c3ccc(C)cc3)C2=O)cc1. The van der Waals surface area contributed by atoms with E-state index in [1.165, 1.54) is 11.3 Å². The normalized spacial score (nSPS) is 15.0. The number of rotatable bonds is 4. The molecule has 1 aromatic heterocycles. The van der Waals surface area contributed by atoms with Crippen molar-refractivity contribution in [2.75, 3.05) is 12.0 Å². The summed E-state index contributed by atoms with van der Waals surface area (Å²) in [5.41, 5.74) is 3.10. The molecule has 0 fully saturated rings. The molecule has 32 heavy (non-hydrogen) atoms. The average molecular weight is 459 g/mol. The van der Waals surface area contributed by atoms with Crippen LogP contribution in [0.25, 0.3) is 16.2 Å². The largest absolute Gasteiger partial charge is 0.497 e. The molecule has 5 rings (SSSR count). The Morgan fingerprint density at radius 3 is 2.41 bits per heavy atom. The first kappa shape index (κ1) is 20.5. The average Bonchev–Trinajstić information content (AvgIpc) is 3.32. The predicted octanol–water partition coefficient (Wildman–Crippen LogP) is 6.71. The van der Waals surface area contributed by atoms with Gasteiger partial charge in [0.2, 0.25) is 0 Å². The van der Waals surface area contributed by atoms with Crippen LogP contribution < -0.4 is 9.64 Å². The fourth-order valence-corrected chi connectivity index (χ4v) is 5.11. The van der Waals surface area contributed by atoms with E-state index in [9.17, 15) is 4.79 Å². The number of carbonyl (C=O) groups excluding carboxylic acids is 1. The molecule has 3 aromatic carbocycles. The van der Waals surface area contributed by atoms with Gasteiger partial charge in [0, 0.05) is 10.1 Å². The van der Waals surface area contributed by atoms with Crippen LogP contribution in [0.3, 0.4) is 0 Å². The maximum Gasteiger partial charge on any atom is 0.282 e. The number of ether oxygens (including phenoxy) is 1. The maximum atomic E-state index is 13.5. The van der Waals surface area contributed by atoms with Crippen molar-refractivity contribution in [1.82, 2.24) is 0 Å². The zero-order valence-electron chi connectivity index (χ0n) is 17.5. The van der Waals surface area contributed by atoms with Crippen molar-refractivity contribution >= 4 is 56.5 Å². The second kappa shape index (κ2) is 8.26. The molecule has 1 aliphatic heterocycles. The Morgan fingerprint density at radius 2 is 1.72 bits per heavy atom. The van der Waals surface area contributed by atoms with Crippen LogP contribution in [-0.4, -0.2) is 18.9 Å². The summed E-state index contributed by atoms with van der Waals surface area (Å²) in [7, 11) is 1.62. The summed E-state index contributed by atoms with van der Waals surface area (Å²) in [6.45, 7) is 2.02. The zero-order chi connectivity index (χ0) is 22.2. The second-order valence-corrected chi connectivity index (χ2v) is 8.89. The van der Waals surface area contributed by atoms with Gasteiger partial charge >= 0.3 is 0 Å². The van der Waals surface area contributed by atoms with Crippen LogP contribution >= 0.6 is 22.9 Å². The molecule has 0 saturated carbocycles. The van der Waals surface area contributed by atoms with Gasteiger partial charge in [0.15, 0.2) is 5.84 Å². The first-order valence-electron chi connectivity index (χ1n) is 10.1. The summed E-state index contributed by atoms with van der Waals surface area (Å²) in [5.74, 6) is 1.12. The van der Waals surface area contributed by atoms with Gasteiger partial charge in [-0.05, 0) is 48.9 Å². The number of benzene rings is 3. The minimum absolute atomic E-state index is 0.187. The molecular formula is C26H19ClN2O2S. The number of anilines is 1. The Morgan fingerprint density at radius 1 is 1.00 bits per heavy atom. The minimum atomic E-state index is -0.187. The summed E-state index contributed by atoms with van der Waals surface area (Å²) in [6.07, 6.45) is 1.79. The molecule has 0 atom stereocenters. The lowest BCUT2D eigenvalue weighted by molar-refractivity contribution is -0.113. The molecule has 6 heteroatoms. The molecule has 1 aliphatic rings. The highest BCUT2D eigenvalue weighted by atomic mass is 35.5. The maximum absolute atomic E-state index is 13.5. The molecule has 0 radical (unpaired) electrons. The lowest BCUT2D eigenvalue weighted by Gasteiger charge is -2.18. The molecule has 0 saturated heterocycles. The molecule has 0 spiro atoms. The second-order valence-electron chi connectivity index (χ2n) is 7.46. The van der Waals surface area contributed by atoms with Crippen LogP contribution in [0.5, 0.6) is 5.75 Å². The molecule has 4 nitrogen and oxygen atoms in total. The van der Waals surface area contributed by atoms with Gasteiger partial charge in [-0.1, -0.05) is 59.6 Å². The van der Waals surface area contributed by atoms with E-state index in [2.05, 4.69) is 0 Å². The van der Waals surface area contributed by atoms with Crippen molar-refractivity contribution in [2.45, 2.75) is 6.92 Å². The first-order valence-corrected chi connectivity index (χ1v) is 11.3. The lowest BCUT2D eigenvalue weighted by atomic mass is 10.1. The zero-order valence-corrected chi connectivity index (χ0v) is 19.1. The lowest BCUT2D eigenvalue weighted by Crippen LogP contribution is -2.32. The summed E-state index contributed by atoms with van der Waals surface area (Å²) in [5, 5.41) is 1.57. The quantitative estimate of drug-likeness (QED) is 0.319. The van der Waals surface area contributed by atoms with Gasteiger partial charge in [-0.25, -0.2) is 4.99 Å². The number of hydrogen-bond acceptors (Lipinski definition) is 4. The fourth-order valence-electron chi connectivity index (χ4n) is 3.62. The highest BCUT2D eigenvalue weighted by Gasteiger charge is 2.34. The summed E-state index contributed by atoms with van der Waals surface area (Å²) in [6, 6.07) is 23.3. The number of fused-ring (bicyclic) bond motifs is 1. The van der Waals surface area contributed by atoms with Crippen LogP contribution in [0.15, 0.2) is 83.5 Å². The Kier molecular flexibility index (Phi) is 5.29. The van der Waals surface area contributed by atoms with Crippen LogP contribution in [0.1, 0.15) is 16.0 Å². The van der Waals surface area contributed by atoms with E-state index in [4.69, 9.17) is 21.3 Å². The topological polar surface area (TPSA) is 41.9 Å². The number of halogens is 1. The molecule has 1 amide bonds. The number of nitrogens with zero attached hydrogens (tertiary/aromatic N) is 2. The number of methoxy groups -OCH3 is 1. The third-order valence-electron chi connectivity index (χ3n) is 5.31. The standard InChI is InChI=1S/C26H19ClN2O2S/c1-16-7-11-18(12-8-16)29-25(24-23(27)20-5-3-4-6-22(20)32-24)28-21(26(29)30)15-17-9-13-19(31-2)14-10-17/h3-15H,1-2H3/b21-15+. The molecule has 0 bridgehead atoms. The van der Waals surface area contributed by atoms with Crippen molar-refractivity contribution in [3.05, 3.63) is 99.5 Å². The van der Waals surface area contributed by atoms with E-state index in [0.717, 1.165) is 37.5 Å². The Bertz CT molecular complexity index is 1390. The number of aryl methyl sites for hydroxylation is 1. The van der Waals surface area contributed by atoms with E-state index < -0.39 is 0 Å². The van der Waals surface area contributed by atoms with E-state index in [-0.39, 0.29) is 5.91 Å². The van der Waals surface area contributed by atoms with E-state index in [1.54, 1.807) is 18.1 Å². The van der Waals surface area contributed by atoms with Crippen molar-refractivity contribution in [1.29, 1.82) is 0 Å². The van der Waals surface area contributed by atoms with Crippen LogP contribution in [0.4, 0.5) is 5.69 Å². The Balaban J connectivity index is 1.65. The molecule has 2 heterocycles. The number of carbonyl (C=O) groups is 1. The molecular weight excluding hydrogens is 440 g/mol. The number of thiophene rings is 1. The van der Waals surface area contributed by atoms with Crippen LogP contribution in [0, 0.1) is 6.92 Å². The molecule has 0 N–H and O–H groups in total. The fraction of sp³-hybridized carbons (Fsp3) is 0.0769. The Hall–Kier alpha value is -3.41. The van der Waals surface area contributed by atoms with Gasteiger partial charge in [-0.3, -0.25) is 9.69 Å².